The number of nitrogens with zero attached hydrogens (tertiary/aromatic N) is 3. The van der Waals surface area contributed by atoms with Crippen molar-refractivity contribution in [3.8, 4) is 0 Å². The number of hydrogen-bond donors (Lipinski definition) is 2. The largest absolute Gasteiger partial charge is 0.396 e. The quantitative estimate of drug-likeness (QED) is 0.724. The van der Waals surface area contributed by atoms with Crippen LogP contribution in [0.1, 0.15) is 13.3 Å². The van der Waals surface area contributed by atoms with E-state index >= 15 is 0 Å². The van der Waals surface area contributed by atoms with Crippen molar-refractivity contribution in [2.24, 2.45) is 0 Å². The van der Waals surface area contributed by atoms with Crippen LogP contribution in [0.2, 0.25) is 0 Å². The van der Waals surface area contributed by atoms with Crippen molar-refractivity contribution in [1.82, 2.24) is 9.97 Å². The molecule has 0 aromatic carbocycles. The highest BCUT2D eigenvalue weighted by Gasteiger charge is 2.05. The number of aliphatic hydroxyl groups excluding tert-OH is 1. The minimum atomic E-state index is 0.209. The minimum Gasteiger partial charge on any atom is -0.396 e. The van der Waals surface area contributed by atoms with E-state index in [2.05, 4.69) is 27.1 Å². The van der Waals surface area contributed by atoms with E-state index in [1.165, 1.54) is 0 Å². The number of hydrogen-bond acceptors (Lipinski definition) is 5. The van der Waals surface area contributed by atoms with Gasteiger partial charge in [0.05, 0.1) is 0 Å². The summed E-state index contributed by atoms with van der Waals surface area (Å²) in [5, 5.41) is 11.8. The molecule has 5 heteroatoms. The Bertz CT molecular complexity index is 293. The number of rotatable bonds is 6. The minimum absolute atomic E-state index is 0.209. The topological polar surface area (TPSA) is 61.3 Å². The van der Waals surface area contributed by atoms with E-state index in [1.54, 1.807) is 6.33 Å². The zero-order valence-corrected chi connectivity index (χ0v) is 9.27. The fourth-order valence-corrected chi connectivity index (χ4v) is 1.35. The maximum atomic E-state index is 8.79. The summed E-state index contributed by atoms with van der Waals surface area (Å²) >= 11 is 0. The number of nitrogens with one attached hydrogen (secondary N) is 1. The number of anilines is 2. The van der Waals surface area contributed by atoms with Crippen LogP contribution in [0.5, 0.6) is 0 Å². The highest BCUT2D eigenvalue weighted by atomic mass is 16.3. The molecular weight excluding hydrogens is 192 g/mol. The molecule has 1 aromatic heterocycles. The van der Waals surface area contributed by atoms with E-state index in [0.29, 0.717) is 0 Å². The maximum absolute atomic E-state index is 8.79. The van der Waals surface area contributed by atoms with Gasteiger partial charge in [-0.15, -0.1) is 0 Å². The van der Waals surface area contributed by atoms with Crippen molar-refractivity contribution in [2.75, 3.05) is 37.0 Å². The molecule has 0 aliphatic rings. The monoisotopic (exact) mass is 210 g/mol. The molecule has 1 aromatic rings. The Balaban J connectivity index is 2.72. The Morgan fingerprint density at radius 3 is 2.87 bits per heavy atom. The Hall–Kier alpha value is -1.36. The first-order chi connectivity index (χ1) is 7.31. The maximum Gasteiger partial charge on any atom is 0.134 e. The van der Waals surface area contributed by atoms with Crippen molar-refractivity contribution in [1.29, 1.82) is 0 Å². The molecule has 0 atom stereocenters. The predicted octanol–water partition coefficient (Wildman–Crippen LogP) is 0.727. The molecule has 0 unspecified atom stereocenters. The molecule has 5 nitrogen and oxygen atoms in total. The van der Waals surface area contributed by atoms with E-state index in [1.807, 2.05) is 13.1 Å². The molecule has 0 saturated carbocycles. The third-order valence-corrected chi connectivity index (χ3v) is 2.20. The molecule has 0 saturated heterocycles. The number of aliphatic hydroxyl groups is 1. The first kappa shape index (κ1) is 11.7. The summed E-state index contributed by atoms with van der Waals surface area (Å²) in [6.07, 6.45) is 2.30. The zero-order chi connectivity index (χ0) is 11.1. The third kappa shape index (κ3) is 3.36. The zero-order valence-electron chi connectivity index (χ0n) is 9.27. The highest BCUT2D eigenvalue weighted by molar-refractivity contribution is 5.47. The fourth-order valence-electron chi connectivity index (χ4n) is 1.35. The predicted molar refractivity (Wildman–Crippen MR) is 61.2 cm³/mol. The van der Waals surface area contributed by atoms with Crippen molar-refractivity contribution in [3.05, 3.63) is 12.4 Å². The lowest BCUT2D eigenvalue weighted by Crippen LogP contribution is -2.25. The van der Waals surface area contributed by atoms with E-state index in [0.717, 1.165) is 31.1 Å². The van der Waals surface area contributed by atoms with Gasteiger partial charge in [-0.25, -0.2) is 9.97 Å². The molecule has 0 aliphatic carbocycles. The van der Waals surface area contributed by atoms with Gasteiger partial charge in [0.25, 0.3) is 0 Å². The standard InChI is InChI=1S/C10H18N4O/c1-3-14(5-4-6-15)10-7-9(11-2)12-8-13-10/h7-8,15H,3-6H2,1-2H3,(H,11,12,13). The highest BCUT2D eigenvalue weighted by Crippen LogP contribution is 2.13. The molecular formula is C10H18N4O. The van der Waals surface area contributed by atoms with E-state index < -0.39 is 0 Å². The van der Waals surface area contributed by atoms with Crippen LogP contribution in [-0.2, 0) is 0 Å². The lowest BCUT2D eigenvalue weighted by Gasteiger charge is -2.21. The van der Waals surface area contributed by atoms with Gasteiger partial charge >= 0.3 is 0 Å². The Labute approximate surface area is 90.2 Å². The summed E-state index contributed by atoms with van der Waals surface area (Å²) in [4.78, 5) is 10.4. The van der Waals surface area contributed by atoms with Gasteiger partial charge in [-0.2, -0.15) is 0 Å². The second kappa shape index (κ2) is 6.19. The average molecular weight is 210 g/mol. The molecule has 2 N–H and O–H groups in total. The summed E-state index contributed by atoms with van der Waals surface area (Å²) in [7, 11) is 1.83. The van der Waals surface area contributed by atoms with Gasteiger partial charge < -0.3 is 15.3 Å². The average Bonchev–Trinajstić information content (AvgIpc) is 2.30. The Kier molecular flexibility index (Phi) is 4.83. The molecule has 0 spiro atoms. The van der Waals surface area contributed by atoms with Gasteiger partial charge in [0.2, 0.25) is 0 Å². The summed E-state index contributed by atoms with van der Waals surface area (Å²) in [6.45, 7) is 3.96. The molecule has 15 heavy (non-hydrogen) atoms. The molecule has 1 heterocycles. The first-order valence-electron chi connectivity index (χ1n) is 5.17. The molecule has 1 rings (SSSR count). The molecule has 0 amide bonds. The van der Waals surface area contributed by atoms with Crippen LogP contribution >= 0.6 is 0 Å². The van der Waals surface area contributed by atoms with E-state index in [-0.39, 0.29) is 6.61 Å². The second-order valence-corrected chi connectivity index (χ2v) is 3.17. The smallest absolute Gasteiger partial charge is 0.134 e. The van der Waals surface area contributed by atoms with Crippen LogP contribution in [0.15, 0.2) is 12.4 Å². The lowest BCUT2D eigenvalue weighted by molar-refractivity contribution is 0.289. The van der Waals surface area contributed by atoms with Crippen LogP contribution in [-0.4, -0.2) is 41.8 Å². The van der Waals surface area contributed by atoms with Gasteiger partial charge in [0.1, 0.15) is 18.0 Å². The molecule has 0 radical (unpaired) electrons. The summed E-state index contributed by atoms with van der Waals surface area (Å²) in [5.74, 6) is 1.70. The fraction of sp³-hybridized carbons (Fsp3) is 0.600. The summed E-state index contributed by atoms with van der Waals surface area (Å²) < 4.78 is 0. The van der Waals surface area contributed by atoms with Gasteiger partial charge in [-0.3, -0.25) is 0 Å². The Morgan fingerprint density at radius 1 is 1.47 bits per heavy atom. The number of aromatic nitrogens is 2. The van der Waals surface area contributed by atoms with Crippen molar-refractivity contribution in [2.45, 2.75) is 13.3 Å². The molecule has 0 fully saturated rings. The second-order valence-electron chi connectivity index (χ2n) is 3.17. The van der Waals surface area contributed by atoms with Crippen molar-refractivity contribution < 1.29 is 5.11 Å². The normalized spacial score (nSPS) is 10.1. The Morgan fingerprint density at radius 2 is 2.27 bits per heavy atom. The van der Waals surface area contributed by atoms with Crippen LogP contribution in [0.3, 0.4) is 0 Å². The van der Waals surface area contributed by atoms with Crippen LogP contribution < -0.4 is 10.2 Å². The van der Waals surface area contributed by atoms with Gasteiger partial charge in [0, 0.05) is 32.8 Å². The van der Waals surface area contributed by atoms with Gasteiger partial charge in [0.15, 0.2) is 0 Å². The SMILES string of the molecule is CCN(CCCO)c1cc(NC)ncn1. The third-order valence-electron chi connectivity index (χ3n) is 2.20. The lowest BCUT2D eigenvalue weighted by atomic mass is 10.3. The first-order valence-corrected chi connectivity index (χ1v) is 5.17. The van der Waals surface area contributed by atoms with Gasteiger partial charge in [-0.1, -0.05) is 0 Å². The van der Waals surface area contributed by atoms with Crippen LogP contribution in [0.25, 0.3) is 0 Å². The van der Waals surface area contributed by atoms with Crippen molar-refractivity contribution in [3.63, 3.8) is 0 Å². The van der Waals surface area contributed by atoms with E-state index in [4.69, 9.17) is 5.11 Å². The molecule has 84 valence electrons. The van der Waals surface area contributed by atoms with E-state index in [9.17, 15) is 0 Å². The molecule has 0 bridgehead atoms. The van der Waals surface area contributed by atoms with Crippen molar-refractivity contribution >= 4 is 11.6 Å². The van der Waals surface area contributed by atoms with Crippen LogP contribution in [0, 0.1) is 0 Å². The van der Waals surface area contributed by atoms with Gasteiger partial charge in [-0.05, 0) is 13.3 Å². The summed E-state index contributed by atoms with van der Waals surface area (Å²) in [5.41, 5.74) is 0. The van der Waals surface area contributed by atoms with Crippen LogP contribution in [0.4, 0.5) is 11.6 Å². The summed E-state index contributed by atoms with van der Waals surface area (Å²) in [6, 6.07) is 1.90. The molecule has 0 aliphatic heterocycles.